The molecule has 0 atom stereocenters. The van der Waals surface area contributed by atoms with Crippen molar-refractivity contribution in [3.8, 4) is 22.8 Å². The fourth-order valence-electron chi connectivity index (χ4n) is 3.84. The number of hydrogen-bond donors (Lipinski definition) is 1. The maximum absolute atomic E-state index is 13.2. The molecular formula is C26H30F2N6O2. The Morgan fingerprint density at radius 2 is 1.72 bits per heavy atom. The molecule has 1 N–H and O–H groups in total. The van der Waals surface area contributed by atoms with Crippen LogP contribution in [0.1, 0.15) is 13.3 Å². The van der Waals surface area contributed by atoms with Crippen molar-refractivity contribution in [3.05, 3.63) is 55.0 Å². The average molecular weight is 497 g/mol. The second-order valence-electron chi connectivity index (χ2n) is 8.62. The first-order chi connectivity index (χ1) is 17.3. The van der Waals surface area contributed by atoms with Gasteiger partial charge in [-0.25, -0.2) is 13.8 Å². The summed E-state index contributed by atoms with van der Waals surface area (Å²) >= 11 is 0. The molecule has 4 rings (SSSR count). The molecule has 0 aliphatic rings. The lowest BCUT2D eigenvalue weighted by Crippen LogP contribution is -2.31. The fraction of sp³-hybridized carbons (Fsp3) is 0.346. The number of fused-ring (bicyclic) bond motifs is 1. The summed E-state index contributed by atoms with van der Waals surface area (Å²) in [5.74, 6) is -1.41. The van der Waals surface area contributed by atoms with Crippen LogP contribution in [0, 0.1) is 0 Å². The molecule has 4 aromatic rings. The molecule has 0 saturated carbocycles. The predicted molar refractivity (Wildman–Crippen MR) is 136 cm³/mol. The van der Waals surface area contributed by atoms with Crippen molar-refractivity contribution in [2.24, 2.45) is 7.05 Å². The summed E-state index contributed by atoms with van der Waals surface area (Å²) in [6.45, 7) is 2.16. The van der Waals surface area contributed by atoms with E-state index in [2.05, 4.69) is 20.3 Å². The Labute approximate surface area is 208 Å². The van der Waals surface area contributed by atoms with E-state index in [-0.39, 0.29) is 13.0 Å². The van der Waals surface area contributed by atoms with Crippen LogP contribution in [0.15, 0.2) is 55.0 Å². The van der Waals surface area contributed by atoms with Crippen molar-refractivity contribution in [2.75, 3.05) is 38.8 Å². The highest BCUT2D eigenvalue weighted by molar-refractivity contribution is 5.82. The average Bonchev–Trinajstić information content (AvgIpc) is 3.30. The van der Waals surface area contributed by atoms with Gasteiger partial charge in [0.1, 0.15) is 11.5 Å². The molecule has 2 aromatic carbocycles. The highest BCUT2D eigenvalue weighted by Gasteiger charge is 2.20. The minimum absolute atomic E-state index is 0.219. The highest BCUT2D eigenvalue weighted by atomic mass is 19.3. The second kappa shape index (κ2) is 10.9. The first-order valence-electron chi connectivity index (χ1n) is 11.6. The summed E-state index contributed by atoms with van der Waals surface area (Å²) in [5.41, 5.74) is 4.81. The molecule has 0 bridgehead atoms. The molecule has 0 fully saturated rings. The number of ether oxygens (including phenoxy) is 2. The van der Waals surface area contributed by atoms with Crippen molar-refractivity contribution >= 4 is 22.4 Å². The molecule has 0 aliphatic carbocycles. The van der Waals surface area contributed by atoms with Gasteiger partial charge in [-0.3, -0.25) is 9.67 Å². The van der Waals surface area contributed by atoms with Crippen LogP contribution in [0.4, 0.5) is 20.2 Å². The number of anilines is 2. The van der Waals surface area contributed by atoms with Crippen LogP contribution >= 0.6 is 0 Å². The van der Waals surface area contributed by atoms with Gasteiger partial charge in [0.05, 0.1) is 43.3 Å². The Balaban J connectivity index is 1.67. The van der Waals surface area contributed by atoms with Crippen molar-refractivity contribution in [1.29, 1.82) is 0 Å². The molecule has 2 aromatic heterocycles. The number of aryl methyl sites for hydroxylation is 1. The van der Waals surface area contributed by atoms with E-state index in [9.17, 15) is 8.78 Å². The van der Waals surface area contributed by atoms with E-state index >= 15 is 0 Å². The molecule has 0 radical (unpaired) electrons. The van der Waals surface area contributed by atoms with E-state index in [1.54, 1.807) is 37.4 Å². The smallest absolute Gasteiger partial charge is 0.246 e. The van der Waals surface area contributed by atoms with Crippen molar-refractivity contribution < 1.29 is 18.3 Å². The molecular weight excluding hydrogens is 466 g/mol. The Morgan fingerprint density at radius 1 is 0.972 bits per heavy atom. The van der Waals surface area contributed by atoms with Crippen LogP contribution in [-0.4, -0.2) is 59.5 Å². The Kier molecular flexibility index (Phi) is 7.64. The fourth-order valence-corrected chi connectivity index (χ4v) is 3.84. The molecule has 36 heavy (non-hydrogen) atoms. The highest BCUT2D eigenvalue weighted by Crippen LogP contribution is 2.34. The summed E-state index contributed by atoms with van der Waals surface area (Å²) < 4.78 is 39.1. The van der Waals surface area contributed by atoms with E-state index in [0.29, 0.717) is 24.6 Å². The van der Waals surface area contributed by atoms with Gasteiger partial charge in [-0.2, -0.15) is 5.10 Å². The van der Waals surface area contributed by atoms with Crippen LogP contribution in [0.2, 0.25) is 0 Å². The quantitative estimate of drug-likeness (QED) is 0.298. The van der Waals surface area contributed by atoms with Crippen molar-refractivity contribution in [2.45, 2.75) is 19.3 Å². The molecule has 2 heterocycles. The molecule has 0 aliphatic heterocycles. The number of methoxy groups -OCH3 is 2. The summed E-state index contributed by atoms with van der Waals surface area (Å²) in [5, 5.41) is 7.34. The van der Waals surface area contributed by atoms with Crippen LogP contribution in [0.25, 0.3) is 22.3 Å². The normalized spacial score (nSPS) is 11.6. The van der Waals surface area contributed by atoms with E-state index in [1.807, 2.05) is 43.6 Å². The zero-order chi connectivity index (χ0) is 25.7. The molecule has 0 spiro atoms. The minimum atomic E-state index is -2.70. The monoisotopic (exact) mass is 496 g/mol. The summed E-state index contributed by atoms with van der Waals surface area (Å²) in [6, 6.07) is 11.5. The molecule has 10 heteroatoms. The third kappa shape index (κ3) is 6.25. The zero-order valence-electron chi connectivity index (χ0n) is 20.8. The SMILES string of the molecule is COc1cc(OC)cc(N(CCNCCC(C)(F)F)c2ccc3ncc(-c4cnn(C)c4)nc3c2)c1. The number of rotatable bonds is 11. The van der Waals surface area contributed by atoms with Gasteiger partial charge in [0, 0.05) is 74.4 Å². The van der Waals surface area contributed by atoms with Gasteiger partial charge in [0.15, 0.2) is 0 Å². The topological polar surface area (TPSA) is 77.3 Å². The van der Waals surface area contributed by atoms with Gasteiger partial charge >= 0.3 is 0 Å². The zero-order valence-corrected chi connectivity index (χ0v) is 20.8. The van der Waals surface area contributed by atoms with Crippen LogP contribution < -0.4 is 19.7 Å². The number of nitrogens with zero attached hydrogens (tertiary/aromatic N) is 5. The maximum atomic E-state index is 13.2. The van der Waals surface area contributed by atoms with Crippen LogP contribution in [0.3, 0.4) is 0 Å². The minimum Gasteiger partial charge on any atom is -0.497 e. The number of halogens is 2. The third-order valence-corrected chi connectivity index (χ3v) is 5.74. The van der Waals surface area contributed by atoms with Crippen LogP contribution in [0.5, 0.6) is 11.5 Å². The largest absolute Gasteiger partial charge is 0.497 e. The van der Waals surface area contributed by atoms with Gasteiger partial charge in [0.25, 0.3) is 0 Å². The van der Waals surface area contributed by atoms with E-state index in [4.69, 9.17) is 14.5 Å². The predicted octanol–water partition coefficient (Wildman–Crippen LogP) is 4.82. The maximum Gasteiger partial charge on any atom is 0.246 e. The van der Waals surface area contributed by atoms with Gasteiger partial charge in [0.2, 0.25) is 5.92 Å². The Bertz CT molecular complexity index is 1300. The lowest BCUT2D eigenvalue weighted by Gasteiger charge is -2.26. The molecule has 0 amide bonds. The van der Waals surface area contributed by atoms with E-state index < -0.39 is 5.92 Å². The van der Waals surface area contributed by atoms with Crippen molar-refractivity contribution in [3.63, 3.8) is 0 Å². The first-order valence-corrected chi connectivity index (χ1v) is 11.6. The Morgan fingerprint density at radius 3 is 2.36 bits per heavy atom. The Hall–Kier alpha value is -3.79. The second-order valence-corrected chi connectivity index (χ2v) is 8.62. The molecule has 0 unspecified atom stereocenters. The van der Waals surface area contributed by atoms with Gasteiger partial charge < -0.3 is 19.7 Å². The molecule has 0 saturated heterocycles. The van der Waals surface area contributed by atoms with Crippen LogP contribution in [-0.2, 0) is 7.05 Å². The van der Waals surface area contributed by atoms with Gasteiger partial charge in [-0.05, 0) is 25.1 Å². The summed E-state index contributed by atoms with van der Waals surface area (Å²) in [4.78, 5) is 11.4. The van der Waals surface area contributed by atoms with E-state index in [0.717, 1.165) is 40.6 Å². The third-order valence-electron chi connectivity index (χ3n) is 5.74. The first kappa shape index (κ1) is 25.3. The number of hydrogen-bond acceptors (Lipinski definition) is 7. The summed E-state index contributed by atoms with van der Waals surface area (Å²) in [6.07, 6.45) is 5.15. The molecule has 190 valence electrons. The summed E-state index contributed by atoms with van der Waals surface area (Å²) in [7, 11) is 5.05. The number of alkyl halides is 2. The van der Waals surface area contributed by atoms with Gasteiger partial charge in [-0.1, -0.05) is 0 Å². The number of nitrogens with one attached hydrogen (secondary N) is 1. The standard InChI is InChI=1S/C26H30F2N6O2/c1-26(27,28)7-8-29-9-10-34(20-11-21(35-3)14-22(12-20)36-4)19-5-6-23-24(13-19)32-25(16-30-23)18-15-31-33(2)17-18/h5-6,11-17,29H,7-10H2,1-4H3. The molecule has 8 nitrogen and oxygen atoms in total. The van der Waals surface area contributed by atoms with Crippen molar-refractivity contribution in [1.82, 2.24) is 25.1 Å². The van der Waals surface area contributed by atoms with Gasteiger partial charge in [-0.15, -0.1) is 0 Å². The number of benzene rings is 2. The lowest BCUT2D eigenvalue weighted by atomic mass is 10.2. The lowest BCUT2D eigenvalue weighted by molar-refractivity contribution is 0.0135. The number of aromatic nitrogens is 4. The van der Waals surface area contributed by atoms with E-state index in [1.165, 1.54) is 0 Å².